The van der Waals surface area contributed by atoms with Gasteiger partial charge in [0.15, 0.2) is 0 Å². The van der Waals surface area contributed by atoms with Gasteiger partial charge in [-0.2, -0.15) is 0 Å². The van der Waals surface area contributed by atoms with Gasteiger partial charge in [0.25, 0.3) is 0 Å². The molecule has 5 nitrogen and oxygen atoms in total. The Morgan fingerprint density at radius 2 is 2.07 bits per heavy atom. The first-order valence-electron chi connectivity index (χ1n) is 9.92. The molecule has 4 heterocycles. The van der Waals surface area contributed by atoms with Crippen molar-refractivity contribution in [3.05, 3.63) is 42.1 Å². The van der Waals surface area contributed by atoms with Crippen molar-refractivity contribution >= 4 is 22.1 Å². The maximum absolute atomic E-state index is 4.85. The standard InChI is InChI=1S/C22H25N5/c1-13(2)27-14(3)25-20-12-23-19(10-21(20)27)18-11-24-22-17(18)8-7-16(26-22)9-15-5-4-6-15/h7-8,10-13,15H,4-6,9H2,1-3H3,(H,24,26). The lowest BCUT2D eigenvalue weighted by Gasteiger charge is -2.24. The van der Waals surface area contributed by atoms with Crippen LogP contribution in [0.2, 0.25) is 0 Å². The lowest BCUT2D eigenvalue weighted by Crippen LogP contribution is -2.14. The number of aryl methyl sites for hydroxylation is 1. The number of H-pyrrole nitrogens is 1. The van der Waals surface area contributed by atoms with Crippen molar-refractivity contribution in [2.75, 3.05) is 0 Å². The summed E-state index contributed by atoms with van der Waals surface area (Å²) in [4.78, 5) is 17.5. The molecular formula is C22H25N5. The zero-order chi connectivity index (χ0) is 18.5. The first-order valence-corrected chi connectivity index (χ1v) is 9.92. The van der Waals surface area contributed by atoms with Crippen LogP contribution in [-0.4, -0.2) is 24.5 Å². The fourth-order valence-corrected chi connectivity index (χ4v) is 4.28. The van der Waals surface area contributed by atoms with Gasteiger partial charge in [0.2, 0.25) is 0 Å². The van der Waals surface area contributed by atoms with E-state index in [1.165, 1.54) is 25.0 Å². The van der Waals surface area contributed by atoms with Crippen molar-refractivity contribution in [1.29, 1.82) is 0 Å². The van der Waals surface area contributed by atoms with E-state index in [1.807, 2.05) is 12.4 Å². The molecule has 1 saturated carbocycles. The second-order valence-corrected chi connectivity index (χ2v) is 8.08. The zero-order valence-electron chi connectivity index (χ0n) is 16.2. The highest BCUT2D eigenvalue weighted by atomic mass is 15.1. The molecule has 0 amide bonds. The maximum atomic E-state index is 4.85. The van der Waals surface area contributed by atoms with Crippen molar-refractivity contribution in [3.8, 4) is 11.3 Å². The van der Waals surface area contributed by atoms with E-state index in [4.69, 9.17) is 4.98 Å². The summed E-state index contributed by atoms with van der Waals surface area (Å²) in [6.07, 6.45) is 9.09. The minimum absolute atomic E-state index is 0.365. The highest BCUT2D eigenvalue weighted by Gasteiger charge is 2.19. The molecule has 5 rings (SSSR count). The molecule has 4 aromatic heterocycles. The monoisotopic (exact) mass is 359 g/mol. The van der Waals surface area contributed by atoms with Gasteiger partial charge in [0.1, 0.15) is 17.0 Å². The quantitative estimate of drug-likeness (QED) is 0.544. The molecule has 0 spiro atoms. The van der Waals surface area contributed by atoms with E-state index < -0.39 is 0 Å². The fourth-order valence-electron chi connectivity index (χ4n) is 4.28. The number of aromatic amines is 1. The largest absolute Gasteiger partial charge is 0.345 e. The number of hydrogen-bond donors (Lipinski definition) is 1. The molecule has 1 aliphatic rings. The summed E-state index contributed by atoms with van der Waals surface area (Å²) >= 11 is 0. The summed E-state index contributed by atoms with van der Waals surface area (Å²) in [5, 5.41) is 1.13. The number of imidazole rings is 1. The highest BCUT2D eigenvalue weighted by molar-refractivity contribution is 5.94. The third-order valence-electron chi connectivity index (χ3n) is 5.86. The summed E-state index contributed by atoms with van der Waals surface area (Å²) in [5.74, 6) is 1.85. The van der Waals surface area contributed by atoms with Gasteiger partial charge in [-0.1, -0.05) is 19.3 Å². The van der Waals surface area contributed by atoms with Gasteiger partial charge >= 0.3 is 0 Å². The van der Waals surface area contributed by atoms with Crippen LogP contribution < -0.4 is 0 Å². The number of nitrogens with zero attached hydrogens (tertiary/aromatic N) is 4. The molecule has 1 aliphatic carbocycles. The number of aromatic nitrogens is 5. The Labute approximate surface area is 158 Å². The Kier molecular flexibility index (Phi) is 3.78. The van der Waals surface area contributed by atoms with Crippen LogP contribution in [0.25, 0.3) is 33.3 Å². The zero-order valence-corrected chi connectivity index (χ0v) is 16.2. The second-order valence-electron chi connectivity index (χ2n) is 8.08. The van der Waals surface area contributed by atoms with Crippen molar-refractivity contribution < 1.29 is 0 Å². The van der Waals surface area contributed by atoms with Crippen molar-refractivity contribution in [3.63, 3.8) is 0 Å². The minimum Gasteiger partial charge on any atom is -0.345 e. The Bertz CT molecular complexity index is 1130. The predicted octanol–water partition coefficient (Wildman–Crippen LogP) is 5.21. The molecule has 27 heavy (non-hydrogen) atoms. The third-order valence-corrected chi connectivity index (χ3v) is 5.86. The molecule has 5 heteroatoms. The fraction of sp³-hybridized carbons (Fsp3) is 0.409. The SMILES string of the molecule is Cc1nc2cnc(-c3c[nH]c4nc(CC5CCC5)ccc34)cc2n1C(C)C. The van der Waals surface area contributed by atoms with E-state index in [9.17, 15) is 0 Å². The van der Waals surface area contributed by atoms with Gasteiger partial charge in [0, 0.05) is 28.9 Å². The number of hydrogen-bond acceptors (Lipinski definition) is 3. The minimum atomic E-state index is 0.365. The molecule has 0 radical (unpaired) electrons. The highest BCUT2D eigenvalue weighted by Crippen LogP contribution is 2.32. The number of rotatable bonds is 4. The van der Waals surface area contributed by atoms with E-state index in [-0.39, 0.29) is 0 Å². The molecule has 138 valence electrons. The van der Waals surface area contributed by atoms with Crippen molar-refractivity contribution in [2.45, 2.75) is 52.5 Å². The maximum Gasteiger partial charge on any atom is 0.138 e. The first kappa shape index (κ1) is 16.5. The van der Waals surface area contributed by atoms with E-state index in [1.54, 1.807) is 0 Å². The van der Waals surface area contributed by atoms with E-state index >= 15 is 0 Å². The topological polar surface area (TPSA) is 59.4 Å². The smallest absolute Gasteiger partial charge is 0.138 e. The second kappa shape index (κ2) is 6.19. The van der Waals surface area contributed by atoms with E-state index in [2.05, 4.69) is 58.5 Å². The van der Waals surface area contributed by atoms with Gasteiger partial charge in [-0.15, -0.1) is 0 Å². The van der Waals surface area contributed by atoms with Gasteiger partial charge in [-0.05, 0) is 51.3 Å². The Hall–Kier alpha value is -2.69. The molecule has 0 atom stereocenters. The average molecular weight is 359 g/mol. The van der Waals surface area contributed by atoms with Crippen LogP contribution in [-0.2, 0) is 6.42 Å². The number of nitrogens with one attached hydrogen (secondary N) is 1. The van der Waals surface area contributed by atoms with Crippen LogP contribution in [0.5, 0.6) is 0 Å². The molecule has 0 unspecified atom stereocenters. The summed E-state index contributed by atoms with van der Waals surface area (Å²) in [5.41, 5.74) is 6.30. The average Bonchev–Trinajstić information content (AvgIpc) is 3.16. The van der Waals surface area contributed by atoms with Crippen molar-refractivity contribution in [2.24, 2.45) is 5.92 Å². The predicted molar refractivity (Wildman–Crippen MR) is 109 cm³/mol. The molecule has 0 bridgehead atoms. The van der Waals surface area contributed by atoms with Crippen LogP contribution in [0.3, 0.4) is 0 Å². The van der Waals surface area contributed by atoms with Crippen LogP contribution in [0, 0.1) is 12.8 Å². The van der Waals surface area contributed by atoms with Gasteiger partial charge in [-0.25, -0.2) is 9.97 Å². The van der Waals surface area contributed by atoms with E-state index in [0.29, 0.717) is 6.04 Å². The summed E-state index contributed by atoms with van der Waals surface area (Å²) < 4.78 is 2.27. The lowest BCUT2D eigenvalue weighted by molar-refractivity contribution is 0.312. The Morgan fingerprint density at radius 1 is 1.22 bits per heavy atom. The molecule has 1 fully saturated rings. The Morgan fingerprint density at radius 3 is 2.81 bits per heavy atom. The molecule has 0 aliphatic heterocycles. The normalized spacial score (nSPS) is 15.1. The third kappa shape index (κ3) is 2.73. The Balaban J connectivity index is 1.57. The molecule has 1 N–H and O–H groups in total. The summed E-state index contributed by atoms with van der Waals surface area (Å²) in [6.45, 7) is 6.43. The van der Waals surface area contributed by atoms with E-state index in [0.717, 1.165) is 51.5 Å². The van der Waals surface area contributed by atoms with Gasteiger partial charge < -0.3 is 9.55 Å². The first-order chi connectivity index (χ1) is 13.1. The summed E-state index contributed by atoms with van der Waals surface area (Å²) in [6, 6.07) is 6.89. The van der Waals surface area contributed by atoms with Crippen LogP contribution in [0.4, 0.5) is 0 Å². The van der Waals surface area contributed by atoms with Gasteiger partial charge in [0.05, 0.1) is 17.4 Å². The van der Waals surface area contributed by atoms with Gasteiger partial charge in [-0.3, -0.25) is 4.98 Å². The molecule has 0 aromatic carbocycles. The molecular weight excluding hydrogens is 334 g/mol. The number of pyridine rings is 2. The lowest BCUT2D eigenvalue weighted by atomic mass is 9.82. The number of fused-ring (bicyclic) bond motifs is 2. The molecule has 0 saturated heterocycles. The molecule has 4 aromatic rings. The summed E-state index contributed by atoms with van der Waals surface area (Å²) in [7, 11) is 0. The van der Waals surface area contributed by atoms with Crippen LogP contribution >= 0.6 is 0 Å². The van der Waals surface area contributed by atoms with Crippen LogP contribution in [0.15, 0.2) is 30.6 Å². The van der Waals surface area contributed by atoms with Crippen LogP contribution in [0.1, 0.15) is 50.7 Å². The van der Waals surface area contributed by atoms with Crippen molar-refractivity contribution in [1.82, 2.24) is 24.5 Å².